The Labute approximate surface area is 150 Å². The van der Waals surface area contributed by atoms with Crippen LogP contribution in [0.4, 0.5) is 0 Å². The number of amides is 1. The number of thiazole rings is 1. The topological polar surface area (TPSA) is 68.2 Å². The van der Waals surface area contributed by atoms with Crippen molar-refractivity contribution in [3.05, 3.63) is 59.4 Å². The van der Waals surface area contributed by atoms with Gasteiger partial charge in [0.05, 0.1) is 19.2 Å². The Morgan fingerprint density at radius 1 is 1.24 bits per heavy atom. The smallest absolute Gasteiger partial charge is 0.228 e. The Bertz CT molecular complexity index is 851. The third-order valence-electron chi connectivity index (χ3n) is 3.62. The number of hydrogen-bond donors (Lipinski definition) is 0. The average molecular weight is 354 g/mol. The molecule has 0 bridgehead atoms. The standard InChI is InChI=1S/C18H18N4O2S/c1-22(11-13-5-3-6-15(9-13)24-2)16(23)10-14-12-25-18(21-14)17-19-7-4-8-20-17/h3-9,12H,10-11H2,1-2H3. The van der Waals surface area contributed by atoms with E-state index in [1.165, 1.54) is 11.3 Å². The van der Waals surface area contributed by atoms with Crippen molar-refractivity contribution in [2.75, 3.05) is 14.2 Å². The molecule has 0 atom stereocenters. The van der Waals surface area contributed by atoms with Crippen molar-refractivity contribution in [2.24, 2.45) is 0 Å². The predicted molar refractivity (Wildman–Crippen MR) is 96.3 cm³/mol. The van der Waals surface area contributed by atoms with Gasteiger partial charge in [-0.15, -0.1) is 11.3 Å². The van der Waals surface area contributed by atoms with E-state index in [4.69, 9.17) is 4.74 Å². The fourth-order valence-corrected chi connectivity index (χ4v) is 3.09. The maximum absolute atomic E-state index is 12.4. The number of benzene rings is 1. The fourth-order valence-electron chi connectivity index (χ4n) is 2.32. The monoisotopic (exact) mass is 354 g/mol. The van der Waals surface area contributed by atoms with Gasteiger partial charge in [0.2, 0.25) is 5.91 Å². The number of hydrogen-bond acceptors (Lipinski definition) is 6. The molecule has 0 aliphatic heterocycles. The van der Waals surface area contributed by atoms with Crippen LogP contribution in [0.2, 0.25) is 0 Å². The highest BCUT2D eigenvalue weighted by atomic mass is 32.1. The molecule has 0 aliphatic rings. The Kier molecular flexibility index (Phi) is 5.35. The summed E-state index contributed by atoms with van der Waals surface area (Å²) in [5.41, 5.74) is 1.75. The summed E-state index contributed by atoms with van der Waals surface area (Å²) in [6.45, 7) is 0.523. The van der Waals surface area contributed by atoms with Crippen molar-refractivity contribution in [3.63, 3.8) is 0 Å². The summed E-state index contributed by atoms with van der Waals surface area (Å²) >= 11 is 1.44. The van der Waals surface area contributed by atoms with E-state index in [0.717, 1.165) is 22.0 Å². The molecule has 0 spiro atoms. The second-order valence-electron chi connectivity index (χ2n) is 5.49. The van der Waals surface area contributed by atoms with E-state index in [0.29, 0.717) is 12.4 Å². The summed E-state index contributed by atoms with van der Waals surface area (Å²) in [5, 5.41) is 2.60. The summed E-state index contributed by atoms with van der Waals surface area (Å²) in [5.74, 6) is 1.37. The Morgan fingerprint density at radius 2 is 2.04 bits per heavy atom. The first-order valence-electron chi connectivity index (χ1n) is 7.74. The summed E-state index contributed by atoms with van der Waals surface area (Å²) in [6, 6.07) is 9.46. The zero-order valence-electron chi connectivity index (χ0n) is 14.0. The third kappa shape index (κ3) is 4.39. The van der Waals surface area contributed by atoms with Gasteiger partial charge >= 0.3 is 0 Å². The summed E-state index contributed by atoms with van der Waals surface area (Å²) in [7, 11) is 3.42. The largest absolute Gasteiger partial charge is 0.497 e. The summed E-state index contributed by atoms with van der Waals surface area (Å²) in [4.78, 5) is 27.0. The van der Waals surface area contributed by atoms with Crippen molar-refractivity contribution >= 4 is 17.2 Å². The second-order valence-corrected chi connectivity index (χ2v) is 6.35. The van der Waals surface area contributed by atoms with Gasteiger partial charge in [-0.25, -0.2) is 15.0 Å². The number of carbonyl (C=O) groups is 1. The first-order chi connectivity index (χ1) is 12.2. The lowest BCUT2D eigenvalue weighted by Crippen LogP contribution is -2.27. The molecule has 3 rings (SSSR count). The highest BCUT2D eigenvalue weighted by Gasteiger charge is 2.14. The molecule has 7 heteroatoms. The van der Waals surface area contributed by atoms with Crippen LogP contribution in [-0.4, -0.2) is 39.9 Å². The second kappa shape index (κ2) is 7.85. The first-order valence-corrected chi connectivity index (χ1v) is 8.62. The molecule has 0 aliphatic carbocycles. The minimum Gasteiger partial charge on any atom is -0.497 e. The summed E-state index contributed by atoms with van der Waals surface area (Å²) < 4.78 is 5.21. The maximum Gasteiger partial charge on any atom is 0.228 e. The average Bonchev–Trinajstić information content (AvgIpc) is 3.11. The van der Waals surface area contributed by atoms with E-state index in [2.05, 4.69) is 15.0 Å². The molecule has 0 N–H and O–H groups in total. The highest BCUT2D eigenvalue weighted by molar-refractivity contribution is 7.13. The highest BCUT2D eigenvalue weighted by Crippen LogP contribution is 2.20. The van der Waals surface area contributed by atoms with Crippen molar-refractivity contribution in [2.45, 2.75) is 13.0 Å². The van der Waals surface area contributed by atoms with Crippen LogP contribution in [0, 0.1) is 0 Å². The van der Waals surface area contributed by atoms with Crippen LogP contribution in [0.15, 0.2) is 48.1 Å². The molecule has 0 saturated carbocycles. The normalized spacial score (nSPS) is 10.5. The van der Waals surface area contributed by atoms with Crippen LogP contribution in [0.3, 0.4) is 0 Å². The van der Waals surface area contributed by atoms with Crippen molar-refractivity contribution in [3.8, 4) is 16.6 Å². The number of methoxy groups -OCH3 is 1. The lowest BCUT2D eigenvalue weighted by molar-refractivity contribution is -0.129. The molecular formula is C18H18N4O2S. The Morgan fingerprint density at radius 3 is 2.80 bits per heavy atom. The van der Waals surface area contributed by atoms with Gasteiger partial charge in [0.15, 0.2) is 10.8 Å². The van der Waals surface area contributed by atoms with Crippen LogP contribution in [0.1, 0.15) is 11.3 Å². The van der Waals surface area contributed by atoms with Crippen molar-refractivity contribution < 1.29 is 9.53 Å². The van der Waals surface area contributed by atoms with E-state index < -0.39 is 0 Å². The van der Waals surface area contributed by atoms with Gasteiger partial charge in [0.1, 0.15) is 5.75 Å². The zero-order chi connectivity index (χ0) is 17.6. The van der Waals surface area contributed by atoms with Gasteiger partial charge < -0.3 is 9.64 Å². The van der Waals surface area contributed by atoms with Crippen LogP contribution in [-0.2, 0) is 17.8 Å². The lowest BCUT2D eigenvalue weighted by Gasteiger charge is -2.17. The Balaban J connectivity index is 1.62. The van der Waals surface area contributed by atoms with Gasteiger partial charge in [0.25, 0.3) is 0 Å². The molecule has 25 heavy (non-hydrogen) atoms. The van der Waals surface area contributed by atoms with E-state index in [-0.39, 0.29) is 12.3 Å². The molecule has 2 aromatic heterocycles. The first kappa shape index (κ1) is 17.0. The number of likely N-dealkylation sites (N-methyl/N-ethyl adjacent to an activating group) is 1. The molecule has 1 aromatic carbocycles. The van der Waals surface area contributed by atoms with Gasteiger partial charge in [-0.2, -0.15) is 0 Å². The van der Waals surface area contributed by atoms with Gasteiger partial charge in [0, 0.05) is 31.4 Å². The molecule has 0 fully saturated rings. The van der Waals surface area contributed by atoms with Crippen molar-refractivity contribution in [1.29, 1.82) is 0 Å². The van der Waals surface area contributed by atoms with E-state index in [9.17, 15) is 4.79 Å². The molecule has 2 heterocycles. The van der Waals surface area contributed by atoms with Gasteiger partial charge in [-0.3, -0.25) is 4.79 Å². The molecule has 0 unspecified atom stereocenters. The minimum absolute atomic E-state index is 0.00801. The van der Waals surface area contributed by atoms with Gasteiger partial charge in [-0.1, -0.05) is 12.1 Å². The molecule has 6 nitrogen and oxygen atoms in total. The van der Waals surface area contributed by atoms with E-state index >= 15 is 0 Å². The molecule has 128 valence electrons. The number of rotatable bonds is 6. The maximum atomic E-state index is 12.4. The summed E-state index contributed by atoms with van der Waals surface area (Å²) in [6.07, 6.45) is 3.61. The Hall–Kier alpha value is -2.80. The molecule has 3 aromatic rings. The molecule has 0 radical (unpaired) electrons. The minimum atomic E-state index is 0.00801. The molecular weight excluding hydrogens is 336 g/mol. The van der Waals surface area contributed by atoms with Crippen LogP contribution < -0.4 is 4.74 Å². The van der Waals surface area contributed by atoms with E-state index in [1.54, 1.807) is 37.5 Å². The number of carbonyl (C=O) groups excluding carboxylic acids is 1. The lowest BCUT2D eigenvalue weighted by atomic mass is 10.2. The van der Waals surface area contributed by atoms with Crippen LogP contribution in [0.25, 0.3) is 10.8 Å². The zero-order valence-corrected chi connectivity index (χ0v) is 14.9. The SMILES string of the molecule is COc1cccc(CN(C)C(=O)Cc2csc(-c3ncccn3)n2)c1. The number of aromatic nitrogens is 3. The van der Waals surface area contributed by atoms with E-state index in [1.807, 2.05) is 29.6 Å². The fraction of sp³-hybridized carbons (Fsp3) is 0.222. The van der Waals surface area contributed by atoms with Crippen LogP contribution >= 0.6 is 11.3 Å². The molecule has 1 amide bonds. The van der Waals surface area contributed by atoms with Gasteiger partial charge in [-0.05, 0) is 23.8 Å². The number of ether oxygens (including phenoxy) is 1. The predicted octanol–water partition coefficient (Wildman–Crippen LogP) is 2.81. The van der Waals surface area contributed by atoms with Crippen LogP contribution in [0.5, 0.6) is 5.75 Å². The van der Waals surface area contributed by atoms with Crippen molar-refractivity contribution in [1.82, 2.24) is 19.9 Å². The third-order valence-corrected chi connectivity index (χ3v) is 4.51. The quantitative estimate of drug-likeness (QED) is 0.681. The molecule has 0 saturated heterocycles. The number of nitrogens with zero attached hydrogens (tertiary/aromatic N) is 4.